The van der Waals surface area contributed by atoms with Gasteiger partial charge in [-0.25, -0.2) is 4.98 Å². The van der Waals surface area contributed by atoms with Gasteiger partial charge in [-0.2, -0.15) is 0 Å². The average molecular weight is 523 g/mol. The molecule has 0 bridgehead atoms. The summed E-state index contributed by atoms with van der Waals surface area (Å²) in [7, 11) is 6.42. The number of hydrogen-bond acceptors (Lipinski definition) is 5. The summed E-state index contributed by atoms with van der Waals surface area (Å²) in [5, 5.41) is 1.08. The number of carbonyl (C=O) groups is 1. The lowest BCUT2D eigenvalue weighted by Gasteiger charge is -2.35. The summed E-state index contributed by atoms with van der Waals surface area (Å²) < 4.78 is 0. The number of H-pyrrole nitrogens is 1. The largest absolute Gasteiger partial charge is 0.369 e. The highest BCUT2D eigenvalue weighted by atomic mass is 16.2. The fraction of sp³-hybridized carbons (Fsp3) is 0.375. The fourth-order valence-electron chi connectivity index (χ4n) is 5.89. The van der Waals surface area contributed by atoms with Gasteiger partial charge in [-0.05, 0) is 75.4 Å². The van der Waals surface area contributed by atoms with Crippen molar-refractivity contribution in [2.45, 2.75) is 18.9 Å². The minimum absolute atomic E-state index is 0.127. The highest BCUT2D eigenvalue weighted by Gasteiger charge is 2.24. The predicted molar refractivity (Wildman–Crippen MR) is 159 cm³/mol. The molecule has 2 aromatic carbocycles. The lowest BCUT2D eigenvalue weighted by molar-refractivity contribution is 0.0663. The number of fused-ring (bicyclic) bond motifs is 1. The maximum Gasteiger partial charge on any atom is 0.253 e. The summed E-state index contributed by atoms with van der Waals surface area (Å²) in [5.41, 5.74) is 7.33. The summed E-state index contributed by atoms with van der Waals surface area (Å²) in [6.45, 7) is 5.96. The van der Waals surface area contributed by atoms with Gasteiger partial charge in [0, 0.05) is 85.5 Å². The molecule has 2 fully saturated rings. The first-order chi connectivity index (χ1) is 19.0. The Labute approximate surface area is 231 Å². The molecule has 6 rings (SSSR count). The molecule has 2 aliphatic heterocycles. The van der Waals surface area contributed by atoms with Crippen LogP contribution in [-0.4, -0.2) is 97.0 Å². The number of benzene rings is 2. The van der Waals surface area contributed by atoms with Gasteiger partial charge in [0.15, 0.2) is 0 Å². The molecule has 0 atom stereocenters. The van der Waals surface area contributed by atoms with Crippen LogP contribution in [0.25, 0.3) is 33.3 Å². The van der Waals surface area contributed by atoms with Crippen LogP contribution in [0.4, 0.5) is 5.69 Å². The molecule has 2 aromatic heterocycles. The van der Waals surface area contributed by atoms with Crippen molar-refractivity contribution in [2.24, 2.45) is 0 Å². The number of piperidine rings is 1. The number of aromatic amines is 1. The van der Waals surface area contributed by atoms with E-state index in [0.717, 1.165) is 91.0 Å². The smallest absolute Gasteiger partial charge is 0.253 e. The van der Waals surface area contributed by atoms with Crippen LogP contribution in [0.5, 0.6) is 0 Å². The average Bonchev–Trinajstić information content (AvgIpc) is 3.41. The summed E-state index contributed by atoms with van der Waals surface area (Å²) >= 11 is 0. The number of amides is 1. The minimum Gasteiger partial charge on any atom is -0.369 e. The Bertz CT molecular complexity index is 1430. The van der Waals surface area contributed by atoms with Crippen LogP contribution in [0.15, 0.2) is 67.0 Å². The summed E-state index contributed by atoms with van der Waals surface area (Å²) in [5.74, 6) is 0.127. The van der Waals surface area contributed by atoms with Crippen molar-refractivity contribution in [2.75, 3.05) is 65.3 Å². The van der Waals surface area contributed by atoms with Crippen molar-refractivity contribution in [3.63, 3.8) is 0 Å². The third-order valence-electron chi connectivity index (χ3n) is 8.52. The van der Waals surface area contributed by atoms with Crippen LogP contribution in [0.3, 0.4) is 0 Å². The molecule has 4 aromatic rings. The third kappa shape index (κ3) is 5.29. The molecule has 2 aliphatic rings. The van der Waals surface area contributed by atoms with E-state index in [9.17, 15) is 4.79 Å². The van der Waals surface area contributed by atoms with Gasteiger partial charge in [-0.1, -0.05) is 24.3 Å². The molecule has 2 saturated heterocycles. The number of carbonyl (C=O) groups excluding carboxylic acids is 1. The van der Waals surface area contributed by atoms with Crippen LogP contribution in [0.1, 0.15) is 23.2 Å². The number of likely N-dealkylation sites (N-methyl/N-ethyl adjacent to an activating group) is 1. The number of pyridine rings is 1. The number of piperazine rings is 1. The van der Waals surface area contributed by atoms with Crippen LogP contribution in [0.2, 0.25) is 0 Å². The van der Waals surface area contributed by atoms with E-state index < -0.39 is 0 Å². The van der Waals surface area contributed by atoms with E-state index in [1.54, 1.807) is 0 Å². The standard InChI is InChI=1S/C32H38N6O/c1-35(2)27-12-14-38(15-13-27)32(39)25-6-4-24(5-7-25)30-22-34-31-29(30)20-26(21-33-31)23-8-10-28(11-9-23)37-18-16-36(3)17-19-37/h4-11,20-22,27H,12-19H2,1-3H3,(H,33,34). The zero-order valence-corrected chi connectivity index (χ0v) is 23.2. The van der Waals surface area contributed by atoms with Crippen molar-refractivity contribution in [3.8, 4) is 22.3 Å². The maximum atomic E-state index is 13.1. The van der Waals surface area contributed by atoms with E-state index in [-0.39, 0.29) is 5.91 Å². The first-order valence-electron chi connectivity index (χ1n) is 14.0. The number of likely N-dealkylation sites (tertiary alicyclic amines) is 1. The number of nitrogens with one attached hydrogen (secondary N) is 1. The van der Waals surface area contributed by atoms with Gasteiger partial charge in [-0.15, -0.1) is 0 Å². The lowest BCUT2D eigenvalue weighted by Crippen LogP contribution is -2.44. The molecule has 4 heterocycles. The molecule has 0 radical (unpaired) electrons. The number of hydrogen-bond donors (Lipinski definition) is 1. The molecule has 7 heteroatoms. The first kappa shape index (κ1) is 25.6. The fourth-order valence-corrected chi connectivity index (χ4v) is 5.89. The SMILES string of the molecule is CN1CCN(c2ccc(-c3cnc4[nH]cc(-c5ccc(C(=O)N6CCC(N(C)C)CC6)cc5)c4c3)cc2)CC1. The van der Waals surface area contributed by atoms with E-state index in [2.05, 4.69) is 83.3 Å². The van der Waals surface area contributed by atoms with Crippen LogP contribution in [0, 0.1) is 0 Å². The molecule has 1 N–H and O–H groups in total. The van der Waals surface area contributed by atoms with Gasteiger partial charge in [-0.3, -0.25) is 4.79 Å². The zero-order valence-electron chi connectivity index (χ0n) is 23.2. The molecule has 1 amide bonds. The molecule has 0 aliphatic carbocycles. The van der Waals surface area contributed by atoms with Gasteiger partial charge in [0.05, 0.1) is 0 Å². The molecule has 202 valence electrons. The molecule has 7 nitrogen and oxygen atoms in total. The Morgan fingerprint density at radius 2 is 1.54 bits per heavy atom. The second-order valence-electron chi connectivity index (χ2n) is 11.2. The normalized spacial score (nSPS) is 17.3. The van der Waals surface area contributed by atoms with Gasteiger partial charge in [0.1, 0.15) is 5.65 Å². The Kier molecular flexibility index (Phi) is 7.11. The van der Waals surface area contributed by atoms with Crippen molar-refractivity contribution >= 4 is 22.6 Å². The number of rotatable bonds is 5. The Morgan fingerprint density at radius 3 is 2.21 bits per heavy atom. The molecule has 0 spiro atoms. The van der Waals surface area contributed by atoms with E-state index >= 15 is 0 Å². The predicted octanol–water partition coefficient (Wildman–Crippen LogP) is 4.81. The molecular weight excluding hydrogens is 484 g/mol. The first-order valence-corrected chi connectivity index (χ1v) is 14.0. The zero-order chi connectivity index (χ0) is 26.9. The minimum atomic E-state index is 0.127. The van der Waals surface area contributed by atoms with Gasteiger partial charge < -0.3 is 24.6 Å². The van der Waals surface area contributed by atoms with Crippen LogP contribution < -0.4 is 4.90 Å². The summed E-state index contributed by atoms with van der Waals surface area (Å²) in [6.07, 6.45) is 6.01. The van der Waals surface area contributed by atoms with Crippen molar-refractivity contribution in [3.05, 3.63) is 72.6 Å². The van der Waals surface area contributed by atoms with E-state index in [0.29, 0.717) is 6.04 Å². The Hall–Kier alpha value is -3.68. The molecular formula is C32H38N6O. The van der Waals surface area contributed by atoms with Gasteiger partial charge in [0.2, 0.25) is 0 Å². The number of anilines is 1. The van der Waals surface area contributed by atoms with Gasteiger partial charge in [0.25, 0.3) is 5.91 Å². The highest BCUT2D eigenvalue weighted by molar-refractivity contribution is 5.98. The number of nitrogens with zero attached hydrogens (tertiary/aromatic N) is 5. The third-order valence-corrected chi connectivity index (χ3v) is 8.52. The van der Waals surface area contributed by atoms with Crippen molar-refractivity contribution < 1.29 is 4.79 Å². The Morgan fingerprint density at radius 1 is 0.872 bits per heavy atom. The molecule has 39 heavy (non-hydrogen) atoms. The quantitative estimate of drug-likeness (QED) is 0.408. The maximum absolute atomic E-state index is 13.1. The van der Waals surface area contributed by atoms with Crippen LogP contribution >= 0.6 is 0 Å². The van der Waals surface area contributed by atoms with E-state index in [4.69, 9.17) is 4.98 Å². The lowest BCUT2D eigenvalue weighted by atomic mass is 10.00. The second kappa shape index (κ2) is 10.8. The van der Waals surface area contributed by atoms with E-state index in [1.165, 1.54) is 5.69 Å². The summed E-state index contributed by atoms with van der Waals surface area (Å²) in [4.78, 5) is 30.2. The van der Waals surface area contributed by atoms with Crippen molar-refractivity contribution in [1.82, 2.24) is 24.7 Å². The molecule has 0 saturated carbocycles. The number of aromatic nitrogens is 2. The van der Waals surface area contributed by atoms with Crippen molar-refractivity contribution in [1.29, 1.82) is 0 Å². The van der Waals surface area contributed by atoms with Crippen LogP contribution in [-0.2, 0) is 0 Å². The highest BCUT2D eigenvalue weighted by Crippen LogP contribution is 2.32. The second-order valence-corrected chi connectivity index (χ2v) is 11.2. The topological polar surface area (TPSA) is 58.7 Å². The molecule has 0 unspecified atom stereocenters. The van der Waals surface area contributed by atoms with E-state index in [1.807, 2.05) is 29.4 Å². The van der Waals surface area contributed by atoms with Gasteiger partial charge >= 0.3 is 0 Å². The monoisotopic (exact) mass is 522 g/mol. The Balaban J connectivity index is 1.19. The summed E-state index contributed by atoms with van der Waals surface area (Å²) in [6, 6.07) is 19.7.